The summed E-state index contributed by atoms with van der Waals surface area (Å²) in [5.74, 6) is -1.67. The van der Waals surface area contributed by atoms with E-state index in [1.807, 2.05) is 30.3 Å². The number of carboxylic acids is 2. The zero-order valence-corrected chi connectivity index (χ0v) is 9.73. The van der Waals surface area contributed by atoms with Crippen LogP contribution in [0.25, 0.3) is 0 Å². The van der Waals surface area contributed by atoms with Gasteiger partial charge in [-0.1, -0.05) is 29.8 Å². The van der Waals surface area contributed by atoms with Gasteiger partial charge in [0, 0.05) is 18.9 Å². The van der Waals surface area contributed by atoms with Crippen molar-refractivity contribution in [1.82, 2.24) is 0 Å². The van der Waals surface area contributed by atoms with Gasteiger partial charge in [0.05, 0.1) is 0 Å². The molecule has 0 saturated carbocycles. The maximum atomic E-state index is 9.00. The Bertz CT molecular complexity index is 267. The summed E-state index contributed by atoms with van der Waals surface area (Å²) >= 11 is 5.54. The van der Waals surface area contributed by atoms with Crippen molar-refractivity contribution >= 4 is 23.5 Å². The molecule has 0 aliphatic carbocycles. The van der Waals surface area contributed by atoms with Gasteiger partial charge in [0.1, 0.15) is 0 Å². The molecule has 1 rings (SSSR count). The summed E-state index contributed by atoms with van der Waals surface area (Å²) < 4.78 is 0. The molecule has 0 unspecified atom stereocenters. The predicted molar refractivity (Wildman–Crippen MR) is 61.7 cm³/mol. The number of hydrogen-bond donors (Lipinski definition) is 2. The maximum absolute atomic E-state index is 9.00. The number of aliphatic carboxylic acids is 2. The Hall–Kier alpha value is -1.59. The molecule has 0 aliphatic heterocycles. The minimum Gasteiger partial charge on any atom is -0.481 e. The van der Waals surface area contributed by atoms with Crippen molar-refractivity contribution < 1.29 is 25.3 Å². The molecule has 6 heteroatoms. The van der Waals surface area contributed by atoms with Gasteiger partial charge >= 0.3 is 0 Å². The molecule has 1 aromatic rings. The van der Waals surface area contributed by atoms with E-state index < -0.39 is 11.9 Å². The molecule has 1 aromatic carbocycles. The summed E-state index contributed by atoms with van der Waals surface area (Å²) in [6, 6.07) is 9.44. The van der Waals surface area contributed by atoms with Crippen LogP contribution in [0.2, 0.25) is 5.02 Å². The van der Waals surface area contributed by atoms with Crippen molar-refractivity contribution in [3.63, 3.8) is 0 Å². The molecule has 0 radical (unpaired) electrons. The lowest BCUT2D eigenvalue weighted by molar-refractivity contribution is -0.135. The van der Waals surface area contributed by atoms with Crippen molar-refractivity contribution in [2.45, 2.75) is 13.8 Å². The summed E-state index contributed by atoms with van der Waals surface area (Å²) in [4.78, 5) is 18.0. The van der Waals surface area contributed by atoms with E-state index in [1.165, 1.54) is 0 Å². The lowest BCUT2D eigenvalue weighted by Gasteiger charge is -1.80. The fourth-order valence-electron chi connectivity index (χ4n) is 0.415. The number of halogens is 1. The van der Waals surface area contributed by atoms with E-state index in [2.05, 4.69) is 0 Å². The van der Waals surface area contributed by atoms with E-state index in [9.17, 15) is 0 Å². The average Bonchev–Trinajstić information content (AvgIpc) is 2.03. The molecule has 16 heavy (non-hydrogen) atoms. The SMILES string of the molecule is CC(=O)O.CC(=O)O.Clc1ccccc1.O. The summed E-state index contributed by atoms with van der Waals surface area (Å²) in [7, 11) is 0. The van der Waals surface area contributed by atoms with Crippen molar-refractivity contribution in [3.05, 3.63) is 35.4 Å². The van der Waals surface area contributed by atoms with E-state index in [4.69, 9.17) is 31.4 Å². The molecule has 0 spiro atoms. The minimum atomic E-state index is -0.833. The number of carbonyl (C=O) groups is 2. The van der Waals surface area contributed by atoms with Gasteiger partial charge in [0.15, 0.2) is 0 Å². The monoisotopic (exact) mass is 250 g/mol. The smallest absolute Gasteiger partial charge is 0.300 e. The highest BCUT2D eigenvalue weighted by atomic mass is 35.5. The van der Waals surface area contributed by atoms with E-state index in [0.29, 0.717) is 0 Å². The Morgan fingerprint density at radius 1 is 1.00 bits per heavy atom. The van der Waals surface area contributed by atoms with Crippen LogP contribution in [0.3, 0.4) is 0 Å². The highest BCUT2D eigenvalue weighted by Gasteiger charge is 1.74. The van der Waals surface area contributed by atoms with Crippen LogP contribution in [0.15, 0.2) is 30.3 Å². The number of rotatable bonds is 0. The van der Waals surface area contributed by atoms with Gasteiger partial charge in [-0.15, -0.1) is 0 Å². The average molecular weight is 251 g/mol. The fourth-order valence-corrected chi connectivity index (χ4v) is 0.560. The summed E-state index contributed by atoms with van der Waals surface area (Å²) in [5, 5.41) is 15.6. The molecule has 92 valence electrons. The Kier molecular flexibility index (Phi) is 16.7. The topological polar surface area (TPSA) is 106 Å². The van der Waals surface area contributed by atoms with Gasteiger partial charge in [-0.2, -0.15) is 0 Å². The molecular formula is C10H15ClO5. The molecule has 0 fully saturated rings. The molecule has 5 nitrogen and oxygen atoms in total. The first-order valence-electron chi connectivity index (χ1n) is 3.96. The third-order valence-electron chi connectivity index (χ3n) is 0.733. The molecule has 0 heterocycles. The van der Waals surface area contributed by atoms with E-state index in [-0.39, 0.29) is 5.48 Å². The van der Waals surface area contributed by atoms with Gasteiger partial charge in [0.2, 0.25) is 0 Å². The molecule has 0 atom stereocenters. The molecular weight excluding hydrogens is 236 g/mol. The highest BCUT2D eigenvalue weighted by Crippen LogP contribution is 2.03. The lowest BCUT2D eigenvalue weighted by atomic mass is 10.4. The zero-order chi connectivity index (χ0) is 12.3. The van der Waals surface area contributed by atoms with E-state index >= 15 is 0 Å². The number of hydrogen-bond acceptors (Lipinski definition) is 2. The third-order valence-corrected chi connectivity index (χ3v) is 0.985. The Morgan fingerprint density at radius 2 is 1.25 bits per heavy atom. The van der Waals surface area contributed by atoms with Crippen molar-refractivity contribution in [2.24, 2.45) is 0 Å². The van der Waals surface area contributed by atoms with E-state index in [1.54, 1.807) is 0 Å². The second-order valence-corrected chi connectivity index (χ2v) is 2.77. The normalized spacial score (nSPS) is 6.94. The molecule has 4 N–H and O–H groups in total. The van der Waals surface area contributed by atoms with E-state index in [0.717, 1.165) is 18.9 Å². The zero-order valence-electron chi connectivity index (χ0n) is 8.98. The van der Waals surface area contributed by atoms with Gasteiger partial charge in [-0.05, 0) is 12.1 Å². The molecule has 0 saturated heterocycles. The van der Waals surface area contributed by atoms with Gasteiger partial charge in [-0.25, -0.2) is 0 Å². The molecule has 0 amide bonds. The number of carboxylic acid groups (broad SMARTS) is 2. The molecule has 0 bridgehead atoms. The van der Waals surface area contributed by atoms with Crippen LogP contribution in [-0.4, -0.2) is 27.6 Å². The maximum Gasteiger partial charge on any atom is 0.300 e. The van der Waals surface area contributed by atoms with Crippen LogP contribution in [0.4, 0.5) is 0 Å². The van der Waals surface area contributed by atoms with Crippen LogP contribution >= 0.6 is 11.6 Å². The first-order chi connectivity index (χ1) is 6.86. The summed E-state index contributed by atoms with van der Waals surface area (Å²) in [5.41, 5.74) is 0. The van der Waals surface area contributed by atoms with Crippen molar-refractivity contribution in [1.29, 1.82) is 0 Å². The Balaban J connectivity index is -0.000000166. The van der Waals surface area contributed by atoms with Crippen molar-refractivity contribution in [3.8, 4) is 0 Å². The Morgan fingerprint density at radius 3 is 1.38 bits per heavy atom. The molecule has 0 aliphatic rings. The second kappa shape index (κ2) is 13.4. The summed E-state index contributed by atoms with van der Waals surface area (Å²) in [6.07, 6.45) is 0. The van der Waals surface area contributed by atoms with Gasteiger partial charge in [0.25, 0.3) is 11.9 Å². The summed E-state index contributed by atoms with van der Waals surface area (Å²) in [6.45, 7) is 2.17. The van der Waals surface area contributed by atoms with Crippen molar-refractivity contribution in [2.75, 3.05) is 0 Å². The van der Waals surface area contributed by atoms with Gasteiger partial charge < -0.3 is 15.7 Å². The van der Waals surface area contributed by atoms with Crippen LogP contribution in [0.5, 0.6) is 0 Å². The largest absolute Gasteiger partial charge is 0.481 e. The van der Waals surface area contributed by atoms with Gasteiger partial charge in [-0.3, -0.25) is 9.59 Å². The predicted octanol–water partition coefficient (Wildman–Crippen LogP) is 1.70. The lowest BCUT2D eigenvalue weighted by Crippen LogP contribution is -1.78. The highest BCUT2D eigenvalue weighted by molar-refractivity contribution is 6.30. The Labute approximate surface area is 98.6 Å². The van der Waals surface area contributed by atoms with Crippen LogP contribution < -0.4 is 0 Å². The van der Waals surface area contributed by atoms with Crippen LogP contribution in [-0.2, 0) is 9.59 Å². The minimum absolute atomic E-state index is 0. The quantitative estimate of drug-likeness (QED) is 0.731. The first-order valence-corrected chi connectivity index (χ1v) is 4.33. The van der Waals surface area contributed by atoms with Crippen LogP contribution in [0, 0.1) is 0 Å². The standard InChI is InChI=1S/C6H5Cl.2C2H4O2.H2O/c7-6-4-2-1-3-5-6;2*1-2(3)4;/h1-5H;2*1H3,(H,3,4);1H2. The first kappa shape index (κ1) is 19.9. The number of benzene rings is 1. The van der Waals surface area contributed by atoms with Crippen LogP contribution in [0.1, 0.15) is 13.8 Å². The molecule has 0 aromatic heterocycles. The second-order valence-electron chi connectivity index (χ2n) is 2.33. The third kappa shape index (κ3) is 39.3. The fraction of sp³-hybridized carbons (Fsp3) is 0.200.